The van der Waals surface area contributed by atoms with Crippen molar-refractivity contribution in [2.75, 3.05) is 10.6 Å². The average molecular weight is 306 g/mol. The molecule has 3 aromatic carbocycles. The topological polar surface area (TPSA) is 78.4 Å². The Morgan fingerprint density at radius 3 is 2.43 bits per heavy atom. The van der Waals surface area contributed by atoms with Crippen molar-refractivity contribution >= 4 is 28.2 Å². The smallest absolute Gasteiger partial charge is 0.323 e. The molecule has 3 rings (SSSR count). The Morgan fingerprint density at radius 2 is 1.57 bits per heavy atom. The van der Waals surface area contributed by atoms with Crippen LogP contribution in [0.1, 0.15) is 0 Å². The standard InChI is InChI=1S/C18H14N2O3/c21-16-10-8-13(9-11-17(16)22)19-18(23)20-15-7-3-5-12-4-1-2-6-14(12)15/h1-11H,(H,21,22)(H2,19,20,23). The van der Waals surface area contributed by atoms with E-state index >= 15 is 0 Å². The molecule has 3 aromatic rings. The van der Waals surface area contributed by atoms with E-state index in [2.05, 4.69) is 10.6 Å². The van der Waals surface area contributed by atoms with E-state index in [1.165, 1.54) is 24.3 Å². The maximum Gasteiger partial charge on any atom is 0.323 e. The molecule has 2 amide bonds. The molecule has 23 heavy (non-hydrogen) atoms. The Hall–Kier alpha value is -3.34. The summed E-state index contributed by atoms with van der Waals surface area (Å²) in [6, 6.07) is 18.3. The average Bonchev–Trinajstić information content (AvgIpc) is 2.71. The van der Waals surface area contributed by atoms with Crippen molar-refractivity contribution in [2.45, 2.75) is 0 Å². The quantitative estimate of drug-likeness (QED) is 0.677. The SMILES string of the molecule is O=C(Nc1ccc(O)c(=O)cc1)Nc1cccc2ccccc12. The van der Waals surface area contributed by atoms with E-state index in [4.69, 9.17) is 0 Å². The predicted molar refractivity (Wildman–Crippen MR) is 91.0 cm³/mol. The number of hydrogen-bond donors (Lipinski definition) is 3. The summed E-state index contributed by atoms with van der Waals surface area (Å²) in [5.41, 5.74) is 0.584. The lowest BCUT2D eigenvalue weighted by molar-refractivity contribution is 0.262. The third-order valence-electron chi connectivity index (χ3n) is 3.38. The molecular formula is C18H14N2O3. The monoisotopic (exact) mass is 306 g/mol. The molecule has 0 heterocycles. The highest BCUT2D eigenvalue weighted by Crippen LogP contribution is 2.23. The van der Waals surface area contributed by atoms with Gasteiger partial charge in [-0.05, 0) is 35.7 Å². The number of carbonyl (C=O) groups is 1. The zero-order valence-electron chi connectivity index (χ0n) is 12.1. The van der Waals surface area contributed by atoms with Crippen molar-refractivity contribution in [3.05, 3.63) is 77.0 Å². The summed E-state index contributed by atoms with van der Waals surface area (Å²) in [6.07, 6.45) is 0. The zero-order chi connectivity index (χ0) is 16.2. The van der Waals surface area contributed by atoms with Gasteiger partial charge < -0.3 is 15.7 Å². The Balaban J connectivity index is 1.82. The fraction of sp³-hybridized carbons (Fsp3) is 0. The first-order valence-corrected chi connectivity index (χ1v) is 7.02. The molecule has 0 saturated heterocycles. The molecule has 0 unspecified atom stereocenters. The maximum atomic E-state index is 12.1. The highest BCUT2D eigenvalue weighted by molar-refractivity contribution is 6.06. The minimum Gasteiger partial charge on any atom is -0.504 e. The highest BCUT2D eigenvalue weighted by atomic mass is 16.3. The first-order valence-electron chi connectivity index (χ1n) is 7.02. The molecule has 0 spiro atoms. The number of amides is 2. The molecule has 0 fully saturated rings. The van der Waals surface area contributed by atoms with Crippen LogP contribution in [0.5, 0.6) is 5.75 Å². The van der Waals surface area contributed by atoms with Crippen molar-refractivity contribution in [2.24, 2.45) is 0 Å². The fourth-order valence-corrected chi connectivity index (χ4v) is 2.26. The van der Waals surface area contributed by atoms with Gasteiger partial charge in [-0.2, -0.15) is 0 Å². The van der Waals surface area contributed by atoms with Gasteiger partial charge in [0.2, 0.25) is 5.43 Å². The second kappa shape index (κ2) is 6.19. The van der Waals surface area contributed by atoms with Crippen LogP contribution in [0.3, 0.4) is 0 Å². The van der Waals surface area contributed by atoms with Crippen LogP contribution in [-0.4, -0.2) is 11.1 Å². The first kappa shape index (κ1) is 14.6. The van der Waals surface area contributed by atoms with Gasteiger partial charge in [-0.1, -0.05) is 36.4 Å². The van der Waals surface area contributed by atoms with Crippen LogP contribution >= 0.6 is 0 Å². The van der Waals surface area contributed by atoms with Gasteiger partial charge in [0.25, 0.3) is 0 Å². The van der Waals surface area contributed by atoms with Gasteiger partial charge in [0.1, 0.15) is 0 Å². The van der Waals surface area contributed by atoms with Crippen molar-refractivity contribution in [3.63, 3.8) is 0 Å². The molecule has 0 aliphatic rings. The van der Waals surface area contributed by atoms with Gasteiger partial charge >= 0.3 is 6.03 Å². The Morgan fingerprint density at radius 1 is 0.826 bits per heavy atom. The molecule has 0 atom stereocenters. The van der Waals surface area contributed by atoms with Crippen LogP contribution in [0, 0.1) is 0 Å². The summed E-state index contributed by atoms with van der Waals surface area (Å²) in [7, 11) is 0. The van der Waals surface area contributed by atoms with Crippen LogP contribution in [0.2, 0.25) is 0 Å². The van der Waals surface area contributed by atoms with Crippen molar-refractivity contribution in [1.29, 1.82) is 0 Å². The molecule has 0 radical (unpaired) electrons. The Labute approximate surface area is 132 Å². The van der Waals surface area contributed by atoms with Gasteiger partial charge in [-0.3, -0.25) is 4.79 Å². The van der Waals surface area contributed by atoms with Crippen LogP contribution in [0.25, 0.3) is 10.8 Å². The van der Waals surface area contributed by atoms with E-state index in [0.29, 0.717) is 11.4 Å². The largest absolute Gasteiger partial charge is 0.504 e. The molecule has 114 valence electrons. The third-order valence-corrected chi connectivity index (χ3v) is 3.38. The minimum atomic E-state index is -0.507. The van der Waals surface area contributed by atoms with Crippen LogP contribution in [0.15, 0.2) is 71.5 Å². The number of carbonyl (C=O) groups excluding carboxylic acids is 1. The van der Waals surface area contributed by atoms with Crippen molar-refractivity contribution < 1.29 is 9.90 Å². The summed E-state index contributed by atoms with van der Waals surface area (Å²) in [5, 5.41) is 16.7. The van der Waals surface area contributed by atoms with Crippen LogP contribution in [0.4, 0.5) is 16.2 Å². The van der Waals surface area contributed by atoms with Gasteiger partial charge in [0.05, 0.1) is 5.69 Å². The molecule has 3 N–H and O–H groups in total. The predicted octanol–water partition coefficient (Wildman–Crippen LogP) is 3.55. The lowest BCUT2D eigenvalue weighted by atomic mass is 10.1. The normalized spacial score (nSPS) is 10.3. The molecule has 0 aliphatic carbocycles. The number of fused-ring (bicyclic) bond motifs is 1. The number of benzene rings is 2. The fourth-order valence-electron chi connectivity index (χ4n) is 2.26. The number of aromatic hydroxyl groups is 1. The molecular weight excluding hydrogens is 292 g/mol. The first-order chi connectivity index (χ1) is 11.1. The minimum absolute atomic E-state index is 0.368. The summed E-state index contributed by atoms with van der Waals surface area (Å²) in [5.74, 6) is -0.368. The summed E-state index contributed by atoms with van der Waals surface area (Å²) < 4.78 is 0. The summed E-state index contributed by atoms with van der Waals surface area (Å²) >= 11 is 0. The van der Waals surface area contributed by atoms with E-state index in [-0.39, 0.29) is 5.75 Å². The molecule has 0 bridgehead atoms. The Bertz CT molecular complexity index is 933. The van der Waals surface area contributed by atoms with Crippen molar-refractivity contribution in [3.8, 4) is 5.75 Å². The Kier molecular flexibility index (Phi) is 3.93. The highest BCUT2D eigenvalue weighted by Gasteiger charge is 2.05. The van der Waals surface area contributed by atoms with Crippen LogP contribution < -0.4 is 16.1 Å². The number of nitrogens with one attached hydrogen (secondary N) is 2. The molecule has 0 saturated carbocycles. The zero-order valence-corrected chi connectivity index (χ0v) is 12.1. The molecule has 0 aromatic heterocycles. The van der Waals surface area contributed by atoms with E-state index in [1.807, 2.05) is 42.5 Å². The molecule has 0 aliphatic heterocycles. The number of hydrogen-bond acceptors (Lipinski definition) is 3. The van der Waals surface area contributed by atoms with Crippen LogP contribution in [-0.2, 0) is 0 Å². The second-order valence-corrected chi connectivity index (χ2v) is 4.98. The maximum absolute atomic E-state index is 12.1. The van der Waals surface area contributed by atoms with Gasteiger partial charge in [-0.15, -0.1) is 0 Å². The lowest BCUT2D eigenvalue weighted by Gasteiger charge is -2.09. The lowest BCUT2D eigenvalue weighted by Crippen LogP contribution is -2.19. The number of anilines is 2. The third kappa shape index (κ3) is 3.29. The van der Waals surface area contributed by atoms with Crippen molar-refractivity contribution in [1.82, 2.24) is 0 Å². The number of urea groups is 1. The second-order valence-electron chi connectivity index (χ2n) is 4.98. The van der Waals surface area contributed by atoms with Gasteiger partial charge in [0.15, 0.2) is 5.75 Å². The van der Waals surface area contributed by atoms with E-state index in [9.17, 15) is 14.7 Å². The number of rotatable bonds is 2. The van der Waals surface area contributed by atoms with E-state index in [1.54, 1.807) is 0 Å². The van der Waals surface area contributed by atoms with E-state index < -0.39 is 11.5 Å². The summed E-state index contributed by atoms with van der Waals surface area (Å²) in [6.45, 7) is 0. The van der Waals surface area contributed by atoms with Gasteiger partial charge in [-0.25, -0.2) is 4.79 Å². The van der Waals surface area contributed by atoms with Gasteiger partial charge in [0, 0.05) is 11.1 Å². The summed E-state index contributed by atoms with van der Waals surface area (Å²) in [4.78, 5) is 23.5. The van der Waals surface area contributed by atoms with E-state index in [0.717, 1.165) is 10.8 Å². The molecule has 5 nitrogen and oxygen atoms in total. The molecule has 5 heteroatoms.